The topological polar surface area (TPSA) is 38.7 Å². The summed E-state index contributed by atoms with van der Waals surface area (Å²) in [4.78, 5) is 13.9. The first-order valence-electron chi connectivity index (χ1n) is 6.47. The van der Waals surface area contributed by atoms with Gasteiger partial charge in [-0.2, -0.15) is 0 Å². The lowest BCUT2D eigenvalue weighted by molar-refractivity contribution is 0.179. The maximum atomic E-state index is 10.2. The first-order valence-corrected chi connectivity index (χ1v) is 6.47. The fourth-order valence-electron chi connectivity index (χ4n) is 2.09. The summed E-state index contributed by atoms with van der Waals surface area (Å²) in [6, 6.07) is 4.09. The van der Waals surface area contributed by atoms with Gasteiger partial charge >= 0.3 is 0 Å². The minimum absolute atomic E-state index is 0.352. The van der Waals surface area contributed by atoms with Gasteiger partial charge in [0.25, 0.3) is 0 Å². The SMILES string of the molecule is Cc1cc(CN=C=O)c(OCC2CCC2)cc1C. The quantitative estimate of drug-likeness (QED) is 0.589. The molecule has 0 N–H and O–H groups in total. The summed E-state index contributed by atoms with van der Waals surface area (Å²) in [7, 11) is 0. The van der Waals surface area contributed by atoms with Crippen LogP contribution in [0.15, 0.2) is 17.1 Å². The molecular formula is C15H19NO2. The third-order valence-corrected chi connectivity index (χ3v) is 3.69. The van der Waals surface area contributed by atoms with Crippen molar-refractivity contribution in [3.05, 3.63) is 28.8 Å². The maximum absolute atomic E-state index is 10.2. The molecule has 1 aromatic carbocycles. The summed E-state index contributed by atoms with van der Waals surface area (Å²) in [5, 5.41) is 0. The molecule has 2 rings (SSSR count). The van der Waals surface area contributed by atoms with Crippen LogP contribution in [-0.4, -0.2) is 12.7 Å². The Morgan fingerprint density at radius 2 is 2.06 bits per heavy atom. The van der Waals surface area contributed by atoms with E-state index in [1.165, 1.54) is 30.4 Å². The molecule has 18 heavy (non-hydrogen) atoms. The Kier molecular flexibility index (Phi) is 4.16. The number of rotatable bonds is 5. The predicted molar refractivity (Wildman–Crippen MR) is 70.6 cm³/mol. The molecule has 3 heteroatoms. The summed E-state index contributed by atoms with van der Waals surface area (Å²) in [5.74, 6) is 1.57. The lowest BCUT2D eigenvalue weighted by Crippen LogP contribution is -2.19. The number of carbonyl (C=O) groups excluding carboxylic acids is 1. The van der Waals surface area contributed by atoms with E-state index in [4.69, 9.17) is 4.74 Å². The van der Waals surface area contributed by atoms with Crippen molar-refractivity contribution in [3.8, 4) is 5.75 Å². The summed E-state index contributed by atoms with van der Waals surface area (Å²) < 4.78 is 5.88. The van der Waals surface area contributed by atoms with E-state index in [-0.39, 0.29) is 0 Å². The van der Waals surface area contributed by atoms with E-state index in [9.17, 15) is 4.79 Å². The summed E-state index contributed by atoms with van der Waals surface area (Å²) >= 11 is 0. The number of hydrogen-bond donors (Lipinski definition) is 0. The molecule has 1 fully saturated rings. The molecule has 1 saturated carbocycles. The summed E-state index contributed by atoms with van der Waals surface area (Å²) in [6.07, 6.45) is 5.45. The zero-order valence-corrected chi connectivity index (χ0v) is 11.0. The van der Waals surface area contributed by atoms with Crippen molar-refractivity contribution in [1.29, 1.82) is 0 Å². The molecule has 0 bridgehead atoms. The second-order valence-corrected chi connectivity index (χ2v) is 5.06. The minimum atomic E-state index is 0.352. The van der Waals surface area contributed by atoms with Crippen LogP contribution in [0.25, 0.3) is 0 Å². The average molecular weight is 245 g/mol. The van der Waals surface area contributed by atoms with Crippen LogP contribution in [0, 0.1) is 19.8 Å². The van der Waals surface area contributed by atoms with E-state index in [0.717, 1.165) is 17.9 Å². The highest BCUT2D eigenvalue weighted by molar-refractivity contribution is 5.43. The van der Waals surface area contributed by atoms with Crippen LogP contribution in [0.4, 0.5) is 0 Å². The van der Waals surface area contributed by atoms with E-state index in [0.29, 0.717) is 12.5 Å². The normalized spacial score (nSPS) is 14.8. The first-order chi connectivity index (χ1) is 8.70. The van der Waals surface area contributed by atoms with E-state index in [1.807, 2.05) is 12.1 Å². The van der Waals surface area contributed by atoms with Crippen molar-refractivity contribution in [1.82, 2.24) is 0 Å². The first kappa shape index (κ1) is 12.8. The van der Waals surface area contributed by atoms with Gasteiger partial charge in [0.15, 0.2) is 0 Å². The minimum Gasteiger partial charge on any atom is -0.493 e. The molecule has 0 atom stereocenters. The fourth-order valence-corrected chi connectivity index (χ4v) is 2.09. The van der Waals surface area contributed by atoms with Gasteiger partial charge in [-0.15, -0.1) is 0 Å². The summed E-state index contributed by atoms with van der Waals surface area (Å²) in [6.45, 7) is 5.25. The highest BCUT2D eigenvalue weighted by Crippen LogP contribution is 2.29. The van der Waals surface area contributed by atoms with E-state index >= 15 is 0 Å². The Labute approximate surface area is 108 Å². The lowest BCUT2D eigenvalue weighted by atomic mass is 9.86. The third-order valence-electron chi connectivity index (χ3n) is 3.69. The molecule has 0 radical (unpaired) electrons. The van der Waals surface area contributed by atoms with Crippen LogP contribution in [0.3, 0.4) is 0 Å². The van der Waals surface area contributed by atoms with Crippen LogP contribution in [0.2, 0.25) is 0 Å². The Balaban J connectivity index is 2.13. The number of aliphatic imine (C=N–C) groups is 1. The molecule has 0 heterocycles. The average Bonchev–Trinajstić information content (AvgIpc) is 2.29. The molecule has 1 aromatic rings. The van der Waals surface area contributed by atoms with Crippen LogP contribution < -0.4 is 4.74 Å². The highest BCUT2D eigenvalue weighted by atomic mass is 16.5. The second-order valence-electron chi connectivity index (χ2n) is 5.06. The lowest BCUT2D eigenvalue weighted by Gasteiger charge is -2.25. The maximum Gasteiger partial charge on any atom is 0.235 e. The third kappa shape index (κ3) is 2.99. The molecule has 3 nitrogen and oxygen atoms in total. The van der Waals surface area contributed by atoms with Crippen molar-refractivity contribution in [3.63, 3.8) is 0 Å². The molecule has 96 valence electrons. The van der Waals surface area contributed by atoms with Crippen molar-refractivity contribution in [2.45, 2.75) is 39.7 Å². The van der Waals surface area contributed by atoms with Gasteiger partial charge < -0.3 is 4.74 Å². The van der Waals surface area contributed by atoms with Gasteiger partial charge in [-0.3, -0.25) is 0 Å². The molecule has 1 aliphatic carbocycles. The monoisotopic (exact) mass is 245 g/mol. The fraction of sp³-hybridized carbons (Fsp3) is 0.533. The highest BCUT2D eigenvalue weighted by Gasteiger charge is 2.18. The molecule has 0 aliphatic heterocycles. The predicted octanol–water partition coefficient (Wildman–Crippen LogP) is 3.32. The smallest absolute Gasteiger partial charge is 0.235 e. The molecule has 0 spiro atoms. The van der Waals surface area contributed by atoms with Gasteiger partial charge in [0.2, 0.25) is 6.08 Å². The van der Waals surface area contributed by atoms with Crippen LogP contribution in [0.5, 0.6) is 5.75 Å². The van der Waals surface area contributed by atoms with Gasteiger partial charge in [0.05, 0.1) is 13.2 Å². The zero-order chi connectivity index (χ0) is 13.0. The van der Waals surface area contributed by atoms with Crippen LogP contribution >= 0.6 is 0 Å². The van der Waals surface area contributed by atoms with Gasteiger partial charge in [0, 0.05) is 5.56 Å². The van der Waals surface area contributed by atoms with Crippen LogP contribution in [0.1, 0.15) is 36.0 Å². The van der Waals surface area contributed by atoms with Crippen molar-refractivity contribution >= 4 is 6.08 Å². The Bertz CT molecular complexity index is 472. The standard InChI is InChI=1S/C15H19NO2/c1-11-6-14(8-16-10-17)15(7-12(11)2)18-9-13-4-3-5-13/h6-7,13H,3-5,8-9H2,1-2H3. The Morgan fingerprint density at radius 1 is 1.33 bits per heavy atom. The van der Waals surface area contributed by atoms with Gasteiger partial charge in [-0.05, 0) is 49.8 Å². The van der Waals surface area contributed by atoms with E-state index in [1.54, 1.807) is 6.08 Å². The Hall–Kier alpha value is -1.60. The van der Waals surface area contributed by atoms with Gasteiger partial charge in [-0.1, -0.05) is 12.5 Å². The van der Waals surface area contributed by atoms with Crippen LogP contribution in [-0.2, 0) is 11.3 Å². The number of benzene rings is 1. The van der Waals surface area contributed by atoms with Crippen molar-refractivity contribution in [2.75, 3.05) is 6.61 Å². The molecule has 0 saturated heterocycles. The summed E-state index contributed by atoms with van der Waals surface area (Å²) in [5.41, 5.74) is 3.38. The molecule has 0 aromatic heterocycles. The largest absolute Gasteiger partial charge is 0.493 e. The van der Waals surface area contributed by atoms with Gasteiger partial charge in [0.1, 0.15) is 5.75 Å². The molecule has 0 amide bonds. The Morgan fingerprint density at radius 3 is 2.67 bits per heavy atom. The molecule has 0 unspecified atom stereocenters. The zero-order valence-electron chi connectivity index (χ0n) is 11.0. The molecular weight excluding hydrogens is 226 g/mol. The number of isocyanates is 1. The number of ether oxygens (including phenoxy) is 1. The van der Waals surface area contributed by atoms with E-state index < -0.39 is 0 Å². The van der Waals surface area contributed by atoms with Gasteiger partial charge in [-0.25, -0.2) is 9.79 Å². The number of nitrogens with zero attached hydrogens (tertiary/aromatic N) is 1. The van der Waals surface area contributed by atoms with Crippen molar-refractivity contribution < 1.29 is 9.53 Å². The second kappa shape index (κ2) is 5.83. The van der Waals surface area contributed by atoms with E-state index in [2.05, 4.69) is 18.8 Å². The molecule has 1 aliphatic rings. The van der Waals surface area contributed by atoms with Crippen molar-refractivity contribution in [2.24, 2.45) is 10.9 Å². The number of aryl methyl sites for hydroxylation is 2. The number of hydrogen-bond acceptors (Lipinski definition) is 3.